The number of aromatic carboxylic acids is 1. The molecule has 0 bridgehead atoms. The molecule has 170 valence electrons. The highest BCUT2D eigenvalue weighted by atomic mass is 35.5. The quantitative estimate of drug-likeness (QED) is 0.213. The highest BCUT2D eigenvalue weighted by Crippen LogP contribution is 2.18. The highest BCUT2D eigenvalue weighted by molar-refractivity contribution is 6.31. The number of carbonyl (C=O) groups excluding carboxylic acids is 3. The average Bonchev–Trinajstić information content (AvgIpc) is 2.76. The Labute approximate surface area is 192 Å². The Kier molecular flexibility index (Phi) is 10.1. The molecule has 12 heteroatoms. The van der Waals surface area contributed by atoms with Gasteiger partial charge in [0.05, 0.1) is 36.5 Å². The van der Waals surface area contributed by atoms with E-state index in [2.05, 4.69) is 19.5 Å². The number of oxime groups is 1. The third-order valence-electron chi connectivity index (χ3n) is 3.50. The molecule has 0 atom stereocenters. The number of carbonyl (C=O) groups is 4. The number of nitrogens with zero attached hydrogens (tertiary/aromatic N) is 1. The van der Waals surface area contributed by atoms with E-state index in [0.717, 1.165) is 0 Å². The molecule has 2 rings (SSSR count). The van der Waals surface area contributed by atoms with Gasteiger partial charge in [-0.05, 0) is 43.3 Å². The minimum atomic E-state index is -1.19. The van der Waals surface area contributed by atoms with Gasteiger partial charge in [-0.2, -0.15) is 0 Å². The molecule has 0 aliphatic rings. The number of carboxylic acids is 1. The van der Waals surface area contributed by atoms with Crippen LogP contribution in [0.5, 0.6) is 0 Å². The Balaban J connectivity index is 0.000000330. The van der Waals surface area contributed by atoms with E-state index >= 15 is 0 Å². The Hall–Kier alpha value is -3.63. The number of amidine groups is 1. The molecule has 0 fully saturated rings. The van der Waals surface area contributed by atoms with Crippen LogP contribution < -0.4 is 5.73 Å². The monoisotopic (exact) mass is 484 g/mol. The zero-order chi connectivity index (χ0) is 24.4. The zero-order valence-corrected chi connectivity index (χ0v) is 18.6. The summed E-state index contributed by atoms with van der Waals surface area (Å²) in [5.74, 6) is -3.35. The number of carboxylic acid groups (broad SMARTS) is 1. The van der Waals surface area contributed by atoms with Crippen LogP contribution in [-0.4, -0.2) is 49.0 Å². The molecule has 2 aromatic rings. The van der Waals surface area contributed by atoms with E-state index in [0.29, 0.717) is 5.02 Å². The fourth-order valence-electron chi connectivity index (χ4n) is 2.12. The number of ether oxygens (including phenoxy) is 2. The van der Waals surface area contributed by atoms with Gasteiger partial charge in [-0.15, -0.1) is 0 Å². The van der Waals surface area contributed by atoms with Crippen molar-refractivity contribution in [2.45, 2.75) is 6.92 Å². The van der Waals surface area contributed by atoms with Crippen molar-refractivity contribution in [2.75, 3.05) is 14.2 Å². The molecule has 3 N–H and O–H groups in total. The Morgan fingerprint density at radius 2 is 1.25 bits per heavy atom. The number of hydrogen-bond donors (Lipinski definition) is 2. The molecule has 0 unspecified atom stereocenters. The lowest BCUT2D eigenvalue weighted by molar-refractivity contribution is 0.0495. The Bertz CT molecular complexity index is 1070. The van der Waals surface area contributed by atoms with Gasteiger partial charge in [0, 0.05) is 10.0 Å². The number of esters is 2. The maximum Gasteiger partial charge on any atom is 0.366 e. The van der Waals surface area contributed by atoms with Gasteiger partial charge in [0.25, 0.3) is 0 Å². The third kappa shape index (κ3) is 7.56. The Morgan fingerprint density at radius 1 is 0.812 bits per heavy atom. The van der Waals surface area contributed by atoms with Gasteiger partial charge >= 0.3 is 23.9 Å². The SMILES string of the molecule is COC(=O)c1cc(Cl)ccc1C(=O)O.COC(=O)c1cc(Cl)ccc1C(=O)O/N=C(/C)N. The number of nitrogens with two attached hydrogens (primary N) is 1. The van der Waals surface area contributed by atoms with Crippen molar-refractivity contribution in [2.24, 2.45) is 10.9 Å². The fraction of sp³-hybridized carbons (Fsp3) is 0.150. The predicted molar refractivity (Wildman–Crippen MR) is 115 cm³/mol. The van der Waals surface area contributed by atoms with Crippen molar-refractivity contribution < 1.29 is 38.6 Å². The normalized spacial score (nSPS) is 10.3. The average molecular weight is 485 g/mol. The van der Waals surface area contributed by atoms with E-state index in [1.54, 1.807) is 0 Å². The van der Waals surface area contributed by atoms with Crippen LogP contribution in [0.3, 0.4) is 0 Å². The maximum atomic E-state index is 11.7. The van der Waals surface area contributed by atoms with E-state index in [9.17, 15) is 19.2 Å². The number of halogens is 2. The van der Waals surface area contributed by atoms with Crippen LogP contribution in [0.25, 0.3) is 0 Å². The van der Waals surface area contributed by atoms with Gasteiger partial charge in [-0.3, -0.25) is 0 Å². The van der Waals surface area contributed by atoms with E-state index in [4.69, 9.17) is 34.0 Å². The zero-order valence-electron chi connectivity index (χ0n) is 17.0. The van der Waals surface area contributed by atoms with E-state index < -0.39 is 23.9 Å². The first-order valence-electron chi connectivity index (χ1n) is 8.52. The van der Waals surface area contributed by atoms with Crippen molar-refractivity contribution >= 4 is 52.9 Å². The van der Waals surface area contributed by atoms with Gasteiger partial charge in [-0.25, -0.2) is 19.2 Å². The third-order valence-corrected chi connectivity index (χ3v) is 3.97. The predicted octanol–water partition coefficient (Wildman–Crippen LogP) is 3.40. The second-order valence-electron chi connectivity index (χ2n) is 5.78. The van der Waals surface area contributed by atoms with Crippen LogP contribution in [0.1, 0.15) is 48.4 Å². The summed E-state index contributed by atoms with van der Waals surface area (Å²) in [4.78, 5) is 49.5. The van der Waals surface area contributed by atoms with Crippen LogP contribution in [0.15, 0.2) is 41.6 Å². The lowest BCUT2D eigenvalue weighted by Gasteiger charge is -2.05. The molecule has 2 aromatic carbocycles. The summed E-state index contributed by atoms with van der Waals surface area (Å²) in [5.41, 5.74) is 5.05. The number of benzene rings is 2. The first-order valence-corrected chi connectivity index (χ1v) is 9.27. The van der Waals surface area contributed by atoms with Crippen LogP contribution in [0.4, 0.5) is 0 Å². The topological polar surface area (TPSA) is 155 Å². The van der Waals surface area contributed by atoms with Gasteiger partial charge in [0.15, 0.2) is 0 Å². The van der Waals surface area contributed by atoms with Crippen molar-refractivity contribution in [1.82, 2.24) is 0 Å². The minimum absolute atomic E-state index is 0.000116. The molecule has 0 heterocycles. The minimum Gasteiger partial charge on any atom is -0.478 e. The van der Waals surface area contributed by atoms with Crippen molar-refractivity contribution in [3.05, 3.63) is 68.7 Å². The summed E-state index contributed by atoms with van der Waals surface area (Å²) in [5, 5.41) is 12.6. The van der Waals surface area contributed by atoms with E-state index in [-0.39, 0.29) is 33.1 Å². The summed E-state index contributed by atoms with van der Waals surface area (Å²) in [6.45, 7) is 1.45. The fourth-order valence-corrected chi connectivity index (χ4v) is 2.46. The summed E-state index contributed by atoms with van der Waals surface area (Å²) in [6.07, 6.45) is 0. The molecule has 0 saturated carbocycles. The molecule has 0 aliphatic carbocycles. The van der Waals surface area contributed by atoms with E-state index in [1.165, 1.54) is 57.5 Å². The number of methoxy groups -OCH3 is 2. The lowest BCUT2D eigenvalue weighted by atomic mass is 10.1. The molecular weight excluding hydrogens is 467 g/mol. The standard InChI is InChI=1S/C11H11ClN2O4.C9H7ClO4/c1-6(13)14-18-11(16)8-4-3-7(12)5-9(8)10(15)17-2;1-14-9(13)7-4-5(10)2-3-6(7)8(11)12/h3-5H,1-2H3,(H2,13,14);2-4H,1H3,(H,11,12). The van der Waals surface area contributed by atoms with Crippen LogP contribution in [-0.2, 0) is 14.3 Å². The second kappa shape index (κ2) is 12.3. The Morgan fingerprint density at radius 3 is 1.66 bits per heavy atom. The molecule has 0 radical (unpaired) electrons. The second-order valence-corrected chi connectivity index (χ2v) is 6.65. The highest BCUT2D eigenvalue weighted by Gasteiger charge is 2.20. The van der Waals surface area contributed by atoms with Gasteiger partial charge in [0.1, 0.15) is 5.84 Å². The molecule has 0 saturated heterocycles. The first kappa shape index (κ1) is 26.4. The van der Waals surface area contributed by atoms with Crippen molar-refractivity contribution in [1.29, 1.82) is 0 Å². The van der Waals surface area contributed by atoms with Gasteiger partial charge in [-0.1, -0.05) is 28.4 Å². The van der Waals surface area contributed by atoms with Gasteiger partial charge < -0.3 is 25.2 Å². The number of hydrogen-bond acceptors (Lipinski definition) is 8. The molecule has 0 aliphatic heterocycles. The molecule has 10 nitrogen and oxygen atoms in total. The molecule has 0 aromatic heterocycles. The summed E-state index contributed by atoms with van der Waals surface area (Å²) >= 11 is 11.4. The first-order chi connectivity index (χ1) is 15.0. The summed E-state index contributed by atoms with van der Waals surface area (Å²) in [6, 6.07) is 8.02. The molecular formula is C20H18Cl2N2O8. The van der Waals surface area contributed by atoms with Crippen molar-refractivity contribution in [3.8, 4) is 0 Å². The number of rotatable bonds is 5. The largest absolute Gasteiger partial charge is 0.478 e. The molecule has 0 spiro atoms. The smallest absolute Gasteiger partial charge is 0.366 e. The lowest BCUT2D eigenvalue weighted by Crippen LogP contribution is -2.13. The van der Waals surface area contributed by atoms with Crippen LogP contribution in [0.2, 0.25) is 10.0 Å². The maximum absolute atomic E-state index is 11.7. The summed E-state index contributed by atoms with van der Waals surface area (Å²) < 4.78 is 8.96. The molecule has 32 heavy (non-hydrogen) atoms. The van der Waals surface area contributed by atoms with Crippen LogP contribution in [0, 0.1) is 0 Å². The van der Waals surface area contributed by atoms with Crippen LogP contribution >= 0.6 is 23.2 Å². The van der Waals surface area contributed by atoms with Gasteiger partial charge in [0.2, 0.25) is 0 Å². The summed E-state index contributed by atoms with van der Waals surface area (Å²) in [7, 11) is 2.37. The van der Waals surface area contributed by atoms with E-state index in [1.807, 2.05) is 0 Å². The van der Waals surface area contributed by atoms with Crippen molar-refractivity contribution in [3.63, 3.8) is 0 Å². The molecule has 0 amide bonds.